The SMILES string of the molecule is CCCCCCCCCCC1N(CCCCCC)C=CN1C(C)C. The van der Waals surface area contributed by atoms with E-state index in [1.54, 1.807) is 0 Å². The van der Waals surface area contributed by atoms with Crippen LogP contribution in [0.15, 0.2) is 12.4 Å². The van der Waals surface area contributed by atoms with Gasteiger partial charge in [-0.25, -0.2) is 0 Å². The highest BCUT2D eigenvalue weighted by atomic mass is 15.4. The predicted molar refractivity (Wildman–Crippen MR) is 108 cm³/mol. The van der Waals surface area contributed by atoms with Gasteiger partial charge in [0, 0.05) is 25.0 Å². The standard InChI is InChI=1S/C22H44N2/c1-5-7-9-11-12-13-14-15-17-22-23(18-16-10-8-6-2)19-20-24(22)21(3)4/h19-22H,5-18H2,1-4H3. The van der Waals surface area contributed by atoms with Gasteiger partial charge in [0.2, 0.25) is 0 Å². The maximum absolute atomic E-state index is 2.61. The minimum absolute atomic E-state index is 0.612. The molecular formula is C22H44N2. The van der Waals surface area contributed by atoms with Crippen molar-refractivity contribution in [3.8, 4) is 0 Å². The Bertz CT molecular complexity index is 311. The zero-order valence-electron chi connectivity index (χ0n) is 17.1. The predicted octanol–water partition coefficient (Wildman–Crippen LogP) is 6.92. The normalized spacial score (nSPS) is 17.5. The highest BCUT2D eigenvalue weighted by molar-refractivity contribution is 4.98. The highest BCUT2D eigenvalue weighted by Gasteiger charge is 2.26. The molecule has 1 aliphatic heterocycles. The van der Waals surface area contributed by atoms with Gasteiger partial charge in [-0.15, -0.1) is 0 Å². The van der Waals surface area contributed by atoms with Crippen LogP contribution >= 0.6 is 0 Å². The van der Waals surface area contributed by atoms with Crippen LogP contribution in [0, 0.1) is 0 Å². The molecule has 1 unspecified atom stereocenters. The molecular weight excluding hydrogens is 292 g/mol. The maximum Gasteiger partial charge on any atom is 0.101 e. The molecule has 0 aliphatic carbocycles. The summed E-state index contributed by atoms with van der Waals surface area (Å²) in [4.78, 5) is 5.18. The fraction of sp³-hybridized carbons (Fsp3) is 0.909. The van der Waals surface area contributed by atoms with Gasteiger partial charge in [-0.3, -0.25) is 0 Å². The Morgan fingerprint density at radius 1 is 0.708 bits per heavy atom. The van der Waals surface area contributed by atoms with Crippen molar-refractivity contribution in [2.75, 3.05) is 6.54 Å². The fourth-order valence-electron chi connectivity index (χ4n) is 3.77. The molecule has 1 heterocycles. The lowest BCUT2D eigenvalue weighted by molar-refractivity contribution is 0.114. The van der Waals surface area contributed by atoms with Crippen LogP contribution in [-0.2, 0) is 0 Å². The van der Waals surface area contributed by atoms with Crippen LogP contribution in [-0.4, -0.2) is 28.6 Å². The monoisotopic (exact) mass is 336 g/mol. The molecule has 1 rings (SSSR count). The Morgan fingerprint density at radius 2 is 1.25 bits per heavy atom. The molecule has 0 spiro atoms. The molecule has 0 fully saturated rings. The minimum atomic E-state index is 0.612. The van der Waals surface area contributed by atoms with Gasteiger partial charge in [-0.05, 0) is 33.1 Å². The van der Waals surface area contributed by atoms with Gasteiger partial charge in [-0.2, -0.15) is 0 Å². The van der Waals surface area contributed by atoms with E-state index in [-0.39, 0.29) is 0 Å². The zero-order valence-corrected chi connectivity index (χ0v) is 17.1. The van der Waals surface area contributed by atoms with Crippen LogP contribution in [0.5, 0.6) is 0 Å². The maximum atomic E-state index is 2.61. The van der Waals surface area contributed by atoms with Crippen LogP contribution in [0.2, 0.25) is 0 Å². The summed E-state index contributed by atoms with van der Waals surface area (Å²) in [5, 5.41) is 0. The van der Waals surface area contributed by atoms with E-state index in [0.29, 0.717) is 12.2 Å². The van der Waals surface area contributed by atoms with E-state index in [1.165, 1.54) is 90.0 Å². The third kappa shape index (κ3) is 8.44. The first-order valence-electron chi connectivity index (χ1n) is 10.9. The van der Waals surface area contributed by atoms with Crippen molar-refractivity contribution in [3.05, 3.63) is 12.4 Å². The summed E-state index contributed by atoms with van der Waals surface area (Å²) in [5.41, 5.74) is 0. The van der Waals surface area contributed by atoms with Gasteiger partial charge in [0.05, 0.1) is 0 Å². The molecule has 0 aromatic heterocycles. The molecule has 1 aliphatic rings. The minimum Gasteiger partial charge on any atom is -0.356 e. The van der Waals surface area contributed by atoms with E-state index >= 15 is 0 Å². The molecule has 0 bridgehead atoms. The Hall–Kier alpha value is -0.660. The molecule has 1 atom stereocenters. The topological polar surface area (TPSA) is 6.48 Å². The number of rotatable bonds is 15. The second kappa shape index (κ2) is 13.6. The van der Waals surface area contributed by atoms with Gasteiger partial charge in [0.15, 0.2) is 0 Å². The third-order valence-electron chi connectivity index (χ3n) is 5.34. The van der Waals surface area contributed by atoms with E-state index in [4.69, 9.17) is 0 Å². The molecule has 2 heteroatoms. The quantitative estimate of drug-likeness (QED) is 0.299. The molecule has 0 aromatic rings. The Kier molecular flexibility index (Phi) is 12.1. The highest BCUT2D eigenvalue weighted by Crippen LogP contribution is 2.24. The van der Waals surface area contributed by atoms with Crippen LogP contribution in [0.1, 0.15) is 111 Å². The molecule has 2 nitrogen and oxygen atoms in total. The second-order valence-corrected chi connectivity index (χ2v) is 7.88. The first-order valence-corrected chi connectivity index (χ1v) is 10.9. The zero-order chi connectivity index (χ0) is 17.6. The van der Waals surface area contributed by atoms with Crippen molar-refractivity contribution in [3.63, 3.8) is 0 Å². The number of hydrogen-bond acceptors (Lipinski definition) is 2. The third-order valence-corrected chi connectivity index (χ3v) is 5.34. The van der Waals surface area contributed by atoms with E-state index in [1.807, 2.05) is 0 Å². The van der Waals surface area contributed by atoms with Crippen molar-refractivity contribution in [2.24, 2.45) is 0 Å². The van der Waals surface area contributed by atoms with Gasteiger partial charge in [-0.1, -0.05) is 78.1 Å². The molecule has 0 radical (unpaired) electrons. The Morgan fingerprint density at radius 3 is 1.83 bits per heavy atom. The van der Waals surface area contributed by atoms with Crippen molar-refractivity contribution in [1.29, 1.82) is 0 Å². The molecule has 142 valence electrons. The molecule has 0 N–H and O–H groups in total. The summed E-state index contributed by atoms with van der Waals surface area (Å²) in [7, 11) is 0. The van der Waals surface area contributed by atoms with E-state index < -0.39 is 0 Å². The fourth-order valence-corrected chi connectivity index (χ4v) is 3.77. The summed E-state index contributed by atoms with van der Waals surface area (Å²) < 4.78 is 0. The largest absolute Gasteiger partial charge is 0.356 e. The van der Waals surface area contributed by atoms with Gasteiger partial charge in [0.1, 0.15) is 6.17 Å². The summed E-state index contributed by atoms with van der Waals surface area (Å²) >= 11 is 0. The second-order valence-electron chi connectivity index (χ2n) is 7.88. The lowest BCUT2D eigenvalue weighted by Gasteiger charge is -2.35. The summed E-state index contributed by atoms with van der Waals surface area (Å²) in [6.45, 7) is 10.5. The molecule has 24 heavy (non-hydrogen) atoms. The van der Waals surface area contributed by atoms with Crippen LogP contribution < -0.4 is 0 Å². The van der Waals surface area contributed by atoms with E-state index in [2.05, 4.69) is 49.9 Å². The number of unbranched alkanes of at least 4 members (excludes halogenated alkanes) is 10. The number of hydrogen-bond donors (Lipinski definition) is 0. The average molecular weight is 337 g/mol. The lowest BCUT2D eigenvalue weighted by atomic mass is 10.1. The van der Waals surface area contributed by atoms with Crippen molar-refractivity contribution in [2.45, 2.75) is 123 Å². The van der Waals surface area contributed by atoms with Gasteiger partial charge >= 0.3 is 0 Å². The number of nitrogens with zero attached hydrogens (tertiary/aromatic N) is 2. The lowest BCUT2D eigenvalue weighted by Crippen LogP contribution is -2.42. The first kappa shape index (κ1) is 21.4. The van der Waals surface area contributed by atoms with Crippen LogP contribution in [0.4, 0.5) is 0 Å². The van der Waals surface area contributed by atoms with Gasteiger partial charge in [0.25, 0.3) is 0 Å². The summed E-state index contributed by atoms with van der Waals surface area (Å²) in [6.07, 6.45) is 23.4. The molecule has 0 aromatic carbocycles. The Labute approximate surface area is 152 Å². The molecule has 0 saturated heterocycles. The van der Waals surface area contributed by atoms with E-state index in [0.717, 1.165) is 0 Å². The van der Waals surface area contributed by atoms with Crippen molar-refractivity contribution in [1.82, 2.24) is 9.80 Å². The molecule has 0 amide bonds. The Balaban J connectivity index is 2.23. The van der Waals surface area contributed by atoms with Crippen LogP contribution in [0.25, 0.3) is 0 Å². The summed E-state index contributed by atoms with van der Waals surface area (Å²) in [5.74, 6) is 0. The van der Waals surface area contributed by atoms with Crippen LogP contribution in [0.3, 0.4) is 0 Å². The average Bonchev–Trinajstić information content (AvgIpc) is 2.97. The molecule has 0 saturated carbocycles. The van der Waals surface area contributed by atoms with E-state index in [9.17, 15) is 0 Å². The van der Waals surface area contributed by atoms with Crippen molar-refractivity contribution < 1.29 is 0 Å². The summed E-state index contributed by atoms with van der Waals surface area (Å²) in [6, 6.07) is 0.612. The smallest absolute Gasteiger partial charge is 0.101 e. The van der Waals surface area contributed by atoms with Gasteiger partial charge < -0.3 is 9.80 Å². The first-order chi connectivity index (χ1) is 11.7. The van der Waals surface area contributed by atoms with Crippen molar-refractivity contribution >= 4 is 0 Å².